The molecule has 0 amide bonds. The molecule has 0 aliphatic carbocycles. The van der Waals surface area contributed by atoms with E-state index in [9.17, 15) is 8.42 Å². The van der Waals surface area contributed by atoms with Gasteiger partial charge in [-0.2, -0.15) is 0 Å². The van der Waals surface area contributed by atoms with Crippen LogP contribution in [0.5, 0.6) is 0 Å². The van der Waals surface area contributed by atoms with Crippen molar-refractivity contribution in [2.24, 2.45) is 0 Å². The Morgan fingerprint density at radius 1 is 1.29 bits per heavy atom. The fraction of sp³-hybridized carbons (Fsp3) is 0.714. The molecule has 1 aromatic heterocycles. The molecule has 0 atom stereocenters. The molecule has 21 heavy (non-hydrogen) atoms. The van der Waals surface area contributed by atoms with E-state index in [1.807, 2.05) is 0 Å². The van der Waals surface area contributed by atoms with Gasteiger partial charge in [0.1, 0.15) is 0 Å². The summed E-state index contributed by atoms with van der Waals surface area (Å²) in [5, 5.41) is 4.99. The molecule has 0 aliphatic rings. The van der Waals surface area contributed by atoms with Gasteiger partial charge in [-0.3, -0.25) is 0 Å². The van der Waals surface area contributed by atoms with Crippen LogP contribution in [-0.2, 0) is 16.6 Å². The lowest BCUT2D eigenvalue weighted by molar-refractivity contribution is 0.309. The van der Waals surface area contributed by atoms with Gasteiger partial charge in [0.2, 0.25) is 10.0 Å². The minimum Gasteiger partial charge on any atom is -0.310 e. The number of thiophene rings is 1. The minimum atomic E-state index is -3.38. The first-order valence-corrected chi connectivity index (χ1v) is 9.78. The molecular weight excluding hydrogens is 306 g/mol. The van der Waals surface area contributed by atoms with Crippen LogP contribution in [0.1, 0.15) is 32.6 Å². The normalized spacial score (nSPS) is 12.5. The average Bonchev–Trinajstić information content (AvgIpc) is 2.91. The largest absolute Gasteiger partial charge is 0.310 e. The van der Waals surface area contributed by atoms with Crippen LogP contribution in [0.15, 0.2) is 16.3 Å². The Labute approximate surface area is 132 Å². The number of nitrogens with zero attached hydrogens (tertiary/aromatic N) is 1. The third-order valence-electron chi connectivity index (χ3n) is 3.24. The Hall–Kier alpha value is -0.470. The van der Waals surface area contributed by atoms with Gasteiger partial charge in [-0.25, -0.2) is 13.1 Å². The van der Waals surface area contributed by atoms with Crippen LogP contribution in [0.2, 0.25) is 0 Å². The average molecular weight is 334 g/mol. The van der Waals surface area contributed by atoms with Gasteiger partial charge < -0.3 is 10.2 Å². The van der Waals surface area contributed by atoms with Gasteiger partial charge in [-0.15, -0.1) is 11.3 Å². The standard InChI is InChI=1S/C14H27N3O2S2/c1-5-17(6-2)8-7-16-21(18,19)14-9-13(20-11-14)10-15-12(3)4/h9,11-12,15-16H,5-8,10H2,1-4H3. The van der Waals surface area contributed by atoms with Gasteiger partial charge in [-0.1, -0.05) is 27.7 Å². The summed E-state index contributed by atoms with van der Waals surface area (Å²) in [6.45, 7) is 12.0. The molecule has 0 bridgehead atoms. The molecule has 1 heterocycles. The molecule has 1 aromatic rings. The van der Waals surface area contributed by atoms with Gasteiger partial charge in [0.15, 0.2) is 0 Å². The number of hydrogen-bond acceptors (Lipinski definition) is 5. The summed E-state index contributed by atoms with van der Waals surface area (Å²) in [6.07, 6.45) is 0. The Morgan fingerprint density at radius 2 is 1.95 bits per heavy atom. The van der Waals surface area contributed by atoms with Crippen molar-refractivity contribution in [3.63, 3.8) is 0 Å². The monoisotopic (exact) mass is 333 g/mol. The van der Waals surface area contributed by atoms with Gasteiger partial charge in [0.25, 0.3) is 0 Å². The molecule has 0 fully saturated rings. The van der Waals surface area contributed by atoms with E-state index >= 15 is 0 Å². The molecule has 7 heteroatoms. The fourth-order valence-corrected chi connectivity index (χ4v) is 4.11. The van der Waals surface area contributed by atoms with E-state index in [1.54, 1.807) is 11.4 Å². The molecule has 0 radical (unpaired) electrons. The summed E-state index contributed by atoms with van der Waals surface area (Å²) in [6, 6.07) is 2.14. The van der Waals surface area contributed by atoms with Crippen molar-refractivity contribution in [2.75, 3.05) is 26.2 Å². The zero-order chi connectivity index (χ0) is 15.9. The predicted octanol–water partition coefficient (Wildman–Crippen LogP) is 1.87. The quantitative estimate of drug-likeness (QED) is 0.686. The second-order valence-corrected chi connectivity index (χ2v) is 7.97. The number of rotatable bonds is 10. The number of likely N-dealkylation sites (N-methyl/N-ethyl adjacent to an activating group) is 1. The zero-order valence-electron chi connectivity index (χ0n) is 13.3. The summed E-state index contributed by atoms with van der Waals surface area (Å²) in [7, 11) is -3.38. The van der Waals surface area contributed by atoms with Crippen molar-refractivity contribution in [1.29, 1.82) is 0 Å². The highest BCUT2D eigenvalue weighted by Crippen LogP contribution is 2.19. The van der Waals surface area contributed by atoms with Gasteiger partial charge in [0.05, 0.1) is 4.90 Å². The second-order valence-electron chi connectivity index (χ2n) is 5.21. The topological polar surface area (TPSA) is 61.4 Å². The van der Waals surface area contributed by atoms with Crippen molar-refractivity contribution in [3.05, 3.63) is 16.3 Å². The summed E-state index contributed by atoms with van der Waals surface area (Å²) in [5.41, 5.74) is 0. The maximum atomic E-state index is 12.2. The Balaban J connectivity index is 2.54. The van der Waals surface area contributed by atoms with Crippen molar-refractivity contribution >= 4 is 21.4 Å². The Bertz CT molecular complexity index is 508. The summed E-state index contributed by atoms with van der Waals surface area (Å²) in [5.74, 6) is 0. The lowest BCUT2D eigenvalue weighted by Gasteiger charge is -2.17. The summed E-state index contributed by atoms with van der Waals surface area (Å²) in [4.78, 5) is 3.59. The maximum absolute atomic E-state index is 12.2. The highest BCUT2D eigenvalue weighted by molar-refractivity contribution is 7.89. The number of nitrogens with one attached hydrogen (secondary N) is 2. The smallest absolute Gasteiger partial charge is 0.241 e. The van der Waals surface area contributed by atoms with Crippen molar-refractivity contribution < 1.29 is 8.42 Å². The van der Waals surface area contributed by atoms with Crippen LogP contribution >= 0.6 is 11.3 Å². The molecular formula is C14H27N3O2S2. The zero-order valence-corrected chi connectivity index (χ0v) is 15.0. The molecule has 0 saturated carbocycles. The van der Waals surface area contributed by atoms with E-state index < -0.39 is 10.0 Å². The molecule has 0 aromatic carbocycles. The third-order valence-corrected chi connectivity index (χ3v) is 5.77. The molecule has 0 spiro atoms. The lowest BCUT2D eigenvalue weighted by Crippen LogP contribution is -2.34. The van der Waals surface area contributed by atoms with Crippen LogP contribution in [0.4, 0.5) is 0 Å². The van der Waals surface area contributed by atoms with Crippen LogP contribution < -0.4 is 10.0 Å². The third kappa shape index (κ3) is 6.44. The molecule has 122 valence electrons. The van der Waals surface area contributed by atoms with Crippen LogP contribution in [0.25, 0.3) is 0 Å². The minimum absolute atomic E-state index is 0.368. The van der Waals surface area contributed by atoms with E-state index in [2.05, 4.69) is 42.6 Å². The predicted molar refractivity (Wildman–Crippen MR) is 89.3 cm³/mol. The molecule has 2 N–H and O–H groups in total. The van der Waals surface area contributed by atoms with Gasteiger partial charge in [-0.05, 0) is 19.2 Å². The van der Waals surface area contributed by atoms with E-state index in [1.165, 1.54) is 11.3 Å². The number of sulfonamides is 1. The van der Waals surface area contributed by atoms with Gasteiger partial charge >= 0.3 is 0 Å². The molecule has 0 unspecified atom stereocenters. The van der Waals surface area contributed by atoms with Crippen molar-refractivity contribution in [1.82, 2.24) is 14.9 Å². The van der Waals surface area contributed by atoms with Crippen molar-refractivity contribution in [2.45, 2.75) is 45.2 Å². The Kier molecular flexibility index (Phi) is 7.83. The molecule has 5 nitrogen and oxygen atoms in total. The molecule has 1 rings (SSSR count). The number of hydrogen-bond donors (Lipinski definition) is 2. The van der Waals surface area contributed by atoms with Crippen LogP contribution in [0.3, 0.4) is 0 Å². The molecule has 0 saturated heterocycles. The van der Waals surface area contributed by atoms with E-state index in [0.717, 1.165) is 24.5 Å². The first-order valence-electron chi connectivity index (χ1n) is 7.41. The highest BCUT2D eigenvalue weighted by atomic mass is 32.2. The van der Waals surface area contributed by atoms with E-state index in [4.69, 9.17) is 0 Å². The van der Waals surface area contributed by atoms with E-state index in [0.29, 0.717) is 24.0 Å². The molecule has 0 aliphatic heterocycles. The van der Waals surface area contributed by atoms with Crippen LogP contribution in [-0.4, -0.2) is 45.5 Å². The van der Waals surface area contributed by atoms with Crippen molar-refractivity contribution in [3.8, 4) is 0 Å². The summed E-state index contributed by atoms with van der Waals surface area (Å²) >= 11 is 1.48. The maximum Gasteiger partial charge on any atom is 0.241 e. The highest BCUT2D eigenvalue weighted by Gasteiger charge is 2.16. The first kappa shape index (κ1) is 18.6. The van der Waals surface area contributed by atoms with Crippen LogP contribution in [0, 0.1) is 0 Å². The fourth-order valence-electron chi connectivity index (χ4n) is 1.86. The van der Waals surface area contributed by atoms with Gasteiger partial charge in [0, 0.05) is 35.9 Å². The Morgan fingerprint density at radius 3 is 2.52 bits per heavy atom. The lowest BCUT2D eigenvalue weighted by atomic mass is 10.4. The SMILES string of the molecule is CCN(CC)CCNS(=O)(=O)c1csc(CNC(C)C)c1. The summed E-state index contributed by atoms with van der Waals surface area (Å²) < 4.78 is 27.1. The first-order chi connectivity index (χ1) is 9.89. The van der Waals surface area contributed by atoms with E-state index in [-0.39, 0.29) is 0 Å². The second kappa shape index (κ2) is 8.85.